The van der Waals surface area contributed by atoms with Crippen LogP contribution in [0.25, 0.3) is 0 Å². The van der Waals surface area contributed by atoms with Crippen molar-refractivity contribution >= 4 is 5.97 Å². The minimum Gasteiger partial charge on any atom is -0.493 e. The van der Waals surface area contributed by atoms with Crippen LogP contribution in [0.5, 0.6) is 11.5 Å². The summed E-state index contributed by atoms with van der Waals surface area (Å²) in [6.45, 7) is 2.47. The fourth-order valence-corrected chi connectivity index (χ4v) is 5.27. The van der Waals surface area contributed by atoms with Crippen molar-refractivity contribution in [3.05, 3.63) is 23.8 Å². The summed E-state index contributed by atoms with van der Waals surface area (Å²) in [6.07, 6.45) is 6.61. The lowest BCUT2D eigenvalue weighted by Crippen LogP contribution is -2.48. The van der Waals surface area contributed by atoms with Crippen molar-refractivity contribution in [1.82, 2.24) is 9.80 Å². The van der Waals surface area contributed by atoms with E-state index in [4.69, 9.17) is 14.2 Å². The molecule has 7 nitrogen and oxygen atoms in total. The summed E-state index contributed by atoms with van der Waals surface area (Å²) in [5.74, 6) is 0.929. The van der Waals surface area contributed by atoms with Crippen LogP contribution in [0.15, 0.2) is 18.2 Å². The van der Waals surface area contributed by atoms with Crippen LogP contribution in [0.4, 0.5) is 0 Å². The van der Waals surface area contributed by atoms with Crippen LogP contribution in [-0.4, -0.2) is 87.1 Å². The Morgan fingerprint density at radius 1 is 1.16 bits per heavy atom. The number of carboxylic acids is 1. The number of ether oxygens (including phenoxy) is 3. The SMILES string of the molecule is COc1ccc(CCO[C@H]2CCCC[C@@H]2N2CCC([C@@H](C(=O)O)N(C)C)C2)cc1OC. The van der Waals surface area contributed by atoms with Gasteiger partial charge in [0.15, 0.2) is 11.5 Å². The van der Waals surface area contributed by atoms with Gasteiger partial charge in [0.1, 0.15) is 6.04 Å². The maximum absolute atomic E-state index is 11.7. The maximum Gasteiger partial charge on any atom is 0.321 e. The fourth-order valence-electron chi connectivity index (χ4n) is 5.27. The van der Waals surface area contributed by atoms with E-state index in [1.54, 1.807) is 14.2 Å². The van der Waals surface area contributed by atoms with Crippen molar-refractivity contribution in [3.63, 3.8) is 0 Å². The van der Waals surface area contributed by atoms with Crippen LogP contribution in [0.2, 0.25) is 0 Å². The Morgan fingerprint density at radius 2 is 1.90 bits per heavy atom. The van der Waals surface area contributed by atoms with Crippen LogP contribution in [0.3, 0.4) is 0 Å². The number of nitrogens with zero attached hydrogens (tertiary/aromatic N) is 2. The molecule has 1 aliphatic heterocycles. The molecule has 7 heteroatoms. The van der Waals surface area contributed by atoms with E-state index in [-0.39, 0.29) is 12.0 Å². The van der Waals surface area contributed by atoms with Gasteiger partial charge in [-0.3, -0.25) is 14.6 Å². The van der Waals surface area contributed by atoms with E-state index < -0.39 is 12.0 Å². The molecule has 0 spiro atoms. The van der Waals surface area contributed by atoms with Gasteiger partial charge in [-0.15, -0.1) is 0 Å². The zero-order valence-corrected chi connectivity index (χ0v) is 19.4. The van der Waals surface area contributed by atoms with Crippen LogP contribution >= 0.6 is 0 Å². The molecule has 1 aromatic carbocycles. The predicted molar refractivity (Wildman–Crippen MR) is 120 cm³/mol. The van der Waals surface area contributed by atoms with Gasteiger partial charge in [0.25, 0.3) is 0 Å². The molecule has 3 rings (SSSR count). The molecule has 1 heterocycles. The van der Waals surface area contributed by atoms with Crippen molar-refractivity contribution in [1.29, 1.82) is 0 Å². The average molecular weight is 435 g/mol. The van der Waals surface area contributed by atoms with Gasteiger partial charge in [0, 0.05) is 12.6 Å². The van der Waals surface area contributed by atoms with E-state index in [9.17, 15) is 9.90 Å². The Kier molecular flexibility index (Phi) is 8.58. The van der Waals surface area contributed by atoms with E-state index in [1.165, 1.54) is 18.4 Å². The summed E-state index contributed by atoms with van der Waals surface area (Å²) in [7, 11) is 7.02. The first-order valence-electron chi connectivity index (χ1n) is 11.4. The van der Waals surface area contributed by atoms with Gasteiger partial charge in [0.2, 0.25) is 0 Å². The van der Waals surface area contributed by atoms with E-state index in [2.05, 4.69) is 11.0 Å². The average Bonchev–Trinajstić information content (AvgIpc) is 3.22. The predicted octanol–water partition coefficient (Wildman–Crippen LogP) is 2.91. The Bertz CT molecular complexity index is 726. The number of likely N-dealkylation sites (N-methyl/N-ethyl adjacent to an activating group) is 1. The first-order chi connectivity index (χ1) is 14.9. The van der Waals surface area contributed by atoms with Crippen molar-refractivity contribution in [2.45, 2.75) is 56.7 Å². The third-order valence-electron chi connectivity index (χ3n) is 6.82. The van der Waals surface area contributed by atoms with Gasteiger partial charge in [-0.2, -0.15) is 0 Å². The van der Waals surface area contributed by atoms with Gasteiger partial charge in [-0.25, -0.2) is 0 Å². The normalized spacial score (nSPS) is 25.5. The molecule has 0 amide bonds. The summed E-state index contributed by atoms with van der Waals surface area (Å²) in [4.78, 5) is 16.1. The number of hydrogen-bond acceptors (Lipinski definition) is 6. The molecule has 0 aromatic heterocycles. The Balaban J connectivity index is 1.56. The molecule has 1 unspecified atom stereocenters. The van der Waals surface area contributed by atoms with Crippen LogP contribution in [-0.2, 0) is 16.0 Å². The van der Waals surface area contributed by atoms with Crippen LogP contribution in [0, 0.1) is 5.92 Å². The lowest BCUT2D eigenvalue weighted by molar-refractivity contribution is -0.144. The van der Waals surface area contributed by atoms with E-state index >= 15 is 0 Å². The van der Waals surface area contributed by atoms with Gasteiger partial charge < -0.3 is 19.3 Å². The quantitative estimate of drug-likeness (QED) is 0.607. The minimum atomic E-state index is -0.719. The number of carbonyl (C=O) groups is 1. The van der Waals surface area contributed by atoms with Gasteiger partial charge in [0.05, 0.1) is 26.9 Å². The highest BCUT2D eigenvalue weighted by Crippen LogP contribution is 2.32. The van der Waals surface area contributed by atoms with Gasteiger partial charge in [-0.05, 0) is 69.9 Å². The molecule has 1 saturated heterocycles. The summed E-state index contributed by atoms with van der Waals surface area (Å²) >= 11 is 0. The number of rotatable bonds is 10. The Labute approximate surface area is 186 Å². The summed E-state index contributed by atoms with van der Waals surface area (Å²) in [5.41, 5.74) is 1.17. The fraction of sp³-hybridized carbons (Fsp3) is 0.708. The maximum atomic E-state index is 11.7. The zero-order chi connectivity index (χ0) is 22.4. The largest absolute Gasteiger partial charge is 0.493 e. The number of aliphatic carboxylic acids is 1. The lowest BCUT2D eigenvalue weighted by atomic mass is 9.91. The van der Waals surface area contributed by atoms with Gasteiger partial charge in [-0.1, -0.05) is 18.9 Å². The molecule has 1 N–H and O–H groups in total. The Hall–Kier alpha value is -1.83. The number of benzene rings is 1. The second-order valence-corrected chi connectivity index (χ2v) is 8.99. The standard InChI is InChI=1S/C24H38N2O5/c1-25(2)23(24(27)28)18-11-13-26(16-18)19-7-5-6-8-20(19)31-14-12-17-9-10-21(29-3)22(15-17)30-4/h9-10,15,18-20,23H,5-8,11-14,16H2,1-4H3,(H,27,28)/t18?,19-,20-,23-/m0/s1. The first-order valence-corrected chi connectivity index (χ1v) is 11.4. The van der Waals surface area contributed by atoms with Gasteiger partial charge >= 0.3 is 5.97 Å². The second kappa shape index (κ2) is 11.2. The molecule has 0 bridgehead atoms. The highest BCUT2D eigenvalue weighted by atomic mass is 16.5. The highest BCUT2D eigenvalue weighted by Gasteiger charge is 2.40. The third kappa shape index (κ3) is 5.90. The Morgan fingerprint density at radius 3 is 2.58 bits per heavy atom. The van der Waals surface area contributed by atoms with E-state index in [1.807, 2.05) is 31.1 Å². The monoisotopic (exact) mass is 434 g/mol. The second-order valence-electron chi connectivity index (χ2n) is 8.99. The smallest absolute Gasteiger partial charge is 0.321 e. The van der Waals surface area contributed by atoms with Crippen LogP contribution < -0.4 is 9.47 Å². The third-order valence-corrected chi connectivity index (χ3v) is 6.82. The summed E-state index contributed by atoms with van der Waals surface area (Å²) in [6, 6.07) is 5.98. The molecule has 31 heavy (non-hydrogen) atoms. The van der Waals surface area contributed by atoms with Crippen molar-refractivity contribution in [3.8, 4) is 11.5 Å². The van der Waals surface area contributed by atoms with Crippen molar-refractivity contribution in [2.24, 2.45) is 5.92 Å². The molecule has 2 aliphatic rings. The molecular weight excluding hydrogens is 396 g/mol. The molecule has 1 aromatic rings. The number of hydrogen-bond donors (Lipinski definition) is 1. The number of methoxy groups -OCH3 is 2. The zero-order valence-electron chi connectivity index (χ0n) is 19.4. The molecule has 174 valence electrons. The van der Waals surface area contributed by atoms with E-state index in [0.29, 0.717) is 12.6 Å². The summed E-state index contributed by atoms with van der Waals surface area (Å²) < 4.78 is 17.1. The summed E-state index contributed by atoms with van der Waals surface area (Å²) in [5, 5.41) is 9.65. The van der Waals surface area contributed by atoms with E-state index in [0.717, 1.165) is 50.3 Å². The number of carboxylic acid groups (broad SMARTS) is 1. The molecule has 2 fully saturated rings. The first kappa shape index (κ1) is 23.8. The van der Waals surface area contributed by atoms with Crippen molar-refractivity contribution < 1.29 is 24.1 Å². The molecule has 1 saturated carbocycles. The van der Waals surface area contributed by atoms with Crippen LogP contribution in [0.1, 0.15) is 37.7 Å². The lowest BCUT2D eigenvalue weighted by Gasteiger charge is -2.38. The molecular formula is C24H38N2O5. The molecule has 1 aliphatic carbocycles. The number of likely N-dealkylation sites (tertiary alicyclic amines) is 1. The highest BCUT2D eigenvalue weighted by molar-refractivity contribution is 5.74. The molecule has 0 radical (unpaired) electrons. The van der Waals surface area contributed by atoms with Crippen molar-refractivity contribution in [2.75, 3.05) is 48.0 Å². The topological polar surface area (TPSA) is 71.5 Å². The molecule has 4 atom stereocenters. The minimum absolute atomic E-state index is 0.168.